The molecule has 9 nitrogen and oxygen atoms in total. The molecule has 174 valence electrons. The molecule has 2 aliphatic rings. The van der Waals surface area contributed by atoms with E-state index in [1.807, 2.05) is 12.1 Å². The summed E-state index contributed by atoms with van der Waals surface area (Å²) in [7, 11) is 1.34. The highest BCUT2D eigenvalue weighted by molar-refractivity contribution is 6.09. The summed E-state index contributed by atoms with van der Waals surface area (Å²) < 4.78 is 20.3. The zero-order chi connectivity index (χ0) is 24.0. The van der Waals surface area contributed by atoms with Gasteiger partial charge in [0.1, 0.15) is 5.69 Å². The van der Waals surface area contributed by atoms with E-state index in [0.29, 0.717) is 42.9 Å². The number of amides is 3. The summed E-state index contributed by atoms with van der Waals surface area (Å²) >= 11 is 0. The number of anilines is 2. The van der Waals surface area contributed by atoms with Crippen LogP contribution in [0.4, 0.5) is 15.8 Å². The Hall–Kier alpha value is -4.21. The fraction of sp³-hybridized carbons (Fsp3) is 0.250. The minimum absolute atomic E-state index is 0.00851. The van der Waals surface area contributed by atoms with Crippen molar-refractivity contribution in [3.8, 4) is 11.4 Å². The molecule has 0 radical (unpaired) electrons. The van der Waals surface area contributed by atoms with Crippen LogP contribution in [0.25, 0.3) is 5.69 Å². The lowest BCUT2D eigenvalue weighted by Gasteiger charge is -2.28. The fourth-order valence-electron chi connectivity index (χ4n) is 4.50. The van der Waals surface area contributed by atoms with Crippen molar-refractivity contribution < 1.29 is 23.5 Å². The van der Waals surface area contributed by atoms with Crippen LogP contribution >= 0.6 is 0 Å². The van der Waals surface area contributed by atoms with Gasteiger partial charge in [-0.3, -0.25) is 14.4 Å². The Morgan fingerprint density at radius 1 is 1.00 bits per heavy atom. The quantitative estimate of drug-likeness (QED) is 0.625. The third-order valence-corrected chi connectivity index (χ3v) is 6.18. The molecular weight excluding hydrogens is 441 g/mol. The molecule has 3 aromatic rings. The number of nitrogens with zero attached hydrogens (tertiary/aromatic N) is 4. The van der Waals surface area contributed by atoms with Gasteiger partial charge in [-0.2, -0.15) is 5.10 Å². The number of hydrogen-bond donors (Lipinski definition) is 1. The number of methoxy groups -OCH3 is 1. The highest BCUT2D eigenvalue weighted by Gasteiger charge is 2.35. The van der Waals surface area contributed by atoms with Gasteiger partial charge in [0.2, 0.25) is 5.91 Å². The zero-order valence-electron chi connectivity index (χ0n) is 18.5. The molecule has 0 spiro atoms. The average Bonchev–Trinajstić information content (AvgIpc) is 3.44. The molecule has 2 aromatic carbocycles. The zero-order valence-corrected chi connectivity index (χ0v) is 18.5. The molecule has 3 heterocycles. The molecular formula is C24H22FN5O4. The third-order valence-electron chi connectivity index (χ3n) is 6.18. The number of aromatic nitrogens is 2. The van der Waals surface area contributed by atoms with Crippen molar-refractivity contribution in [2.45, 2.75) is 19.3 Å². The van der Waals surface area contributed by atoms with Gasteiger partial charge in [-0.15, -0.1) is 0 Å². The highest BCUT2D eigenvalue weighted by Crippen LogP contribution is 2.31. The number of benzene rings is 2. The monoisotopic (exact) mass is 463 g/mol. The molecule has 34 heavy (non-hydrogen) atoms. The summed E-state index contributed by atoms with van der Waals surface area (Å²) in [5.74, 6) is -1.61. The molecule has 0 bridgehead atoms. The minimum atomic E-state index is -0.745. The van der Waals surface area contributed by atoms with Crippen LogP contribution in [0.3, 0.4) is 0 Å². The van der Waals surface area contributed by atoms with Crippen molar-refractivity contribution in [2.75, 3.05) is 30.0 Å². The van der Waals surface area contributed by atoms with Gasteiger partial charge in [0.05, 0.1) is 12.8 Å². The summed E-state index contributed by atoms with van der Waals surface area (Å²) in [4.78, 5) is 41.0. The third kappa shape index (κ3) is 3.47. The van der Waals surface area contributed by atoms with Crippen LogP contribution in [0.1, 0.15) is 39.4 Å². The van der Waals surface area contributed by atoms with Gasteiger partial charge in [0, 0.05) is 42.5 Å². The fourth-order valence-corrected chi connectivity index (χ4v) is 4.50. The van der Waals surface area contributed by atoms with E-state index in [0.717, 1.165) is 12.1 Å². The van der Waals surface area contributed by atoms with Crippen LogP contribution in [-0.4, -0.2) is 47.7 Å². The first-order valence-corrected chi connectivity index (χ1v) is 10.9. The van der Waals surface area contributed by atoms with E-state index in [2.05, 4.69) is 5.10 Å². The van der Waals surface area contributed by atoms with Gasteiger partial charge in [-0.05, 0) is 49.2 Å². The molecule has 5 rings (SSSR count). The predicted molar refractivity (Wildman–Crippen MR) is 122 cm³/mol. The topological polar surface area (TPSA) is 111 Å². The number of nitrogens with two attached hydrogens (primary N) is 1. The normalized spacial score (nSPS) is 15.6. The Labute approximate surface area is 194 Å². The van der Waals surface area contributed by atoms with E-state index in [-0.39, 0.29) is 29.0 Å². The lowest BCUT2D eigenvalue weighted by molar-refractivity contribution is -0.117. The second kappa shape index (κ2) is 8.29. The van der Waals surface area contributed by atoms with Gasteiger partial charge in [0.15, 0.2) is 17.3 Å². The molecule has 0 saturated carbocycles. The van der Waals surface area contributed by atoms with Gasteiger partial charge in [0.25, 0.3) is 11.8 Å². The number of primary amides is 1. The van der Waals surface area contributed by atoms with Crippen LogP contribution in [0, 0.1) is 5.82 Å². The van der Waals surface area contributed by atoms with Crippen molar-refractivity contribution in [2.24, 2.45) is 5.73 Å². The maximum atomic E-state index is 14.0. The van der Waals surface area contributed by atoms with E-state index in [1.165, 1.54) is 30.0 Å². The smallest absolute Gasteiger partial charge is 0.277 e. The van der Waals surface area contributed by atoms with Crippen molar-refractivity contribution in [3.05, 3.63) is 65.2 Å². The number of rotatable bonds is 5. The summed E-state index contributed by atoms with van der Waals surface area (Å²) in [6.07, 6.45) is 1.73. The van der Waals surface area contributed by atoms with Gasteiger partial charge >= 0.3 is 0 Å². The number of carbonyl (C=O) groups excluding carboxylic acids is 3. The summed E-state index contributed by atoms with van der Waals surface area (Å²) in [6, 6.07) is 11.3. The van der Waals surface area contributed by atoms with E-state index < -0.39 is 11.7 Å². The Kier molecular flexibility index (Phi) is 5.27. The van der Waals surface area contributed by atoms with Crippen LogP contribution in [0.15, 0.2) is 42.5 Å². The van der Waals surface area contributed by atoms with Crippen LogP contribution in [-0.2, 0) is 11.2 Å². The summed E-state index contributed by atoms with van der Waals surface area (Å²) in [5.41, 5.74) is 7.98. The summed E-state index contributed by atoms with van der Waals surface area (Å²) in [6.45, 7) is 1.01. The largest absolute Gasteiger partial charge is 0.494 e. The molecule has 1 fully saturated rings. The first kappa shape index (κ1) is 21.6. The lowest BCUT2D eigenvalue weighted by atomic mass is 10.0. The molecule has 3 amide bonds. The van der Waals surface area contributed by atoms with E-state index in [4.69, 9.17) is 10.5 Å². The van der Waals surface area contributed by atoms with E-state index in [1.54, 1.807) is 21.9 Å². The Balaban J connectivity index is 1.53. The Bertz CT molecular complexity index is 1320. The number of carbonyl (C=O) groups is 3. The number of ether oxygens (including phenoxy) is 1. The predicted octanol–water partition coefficient (Wildman–Crippen LogP) is 2.45. The van der Waals surface area contributed by atoms with Crippen molar-refractivity contribution >= 4 is 29.1 Å². The van der Waals surface area contributed by atoms with Crippen molar-refractivity contribution in [1.29, 1.82) is 0 Å². The molecule has 0 unspecified atom stereocenters. The maximum Gasteiger partial charge on any atom is 0.277 e. The summed E-state index contributed by atoms with van der Waals surface area (Å²) in [5, 5.41) is 4.29. The maximum absolute atomic E-state index is 14.0. The number of hydrogen-bond acceptors (Lipinski definition) is 5. The Morgan fingerprint density at radius 2 is 1.68 bits per heavy atom. The highest BCUT2D eigenvalue weighted by atomic mass is 19.1. The van der Waals surface area contributed by atoms with Crippen LogP contribution < -0.4 is 20.3 Å². The van der Waals surface area contributed by atoms with E-state index in [9.17, 15) is 18.8 Å². The SMILES string of the molecule is COc1cc(-n2nc(C(N)=O)c3c2C(=O)N(c2ccc(N4CCCC4=O)cc2)CC3)ccc1F. The van der Waals surface area contributed by atoms with Crippen LogP contribution in [0.5, 0.6) is 5.75 Å². The van der Waals surface area contributed by atoms with E-state index >= 15 is 0 Å². The average molecular weight is 463 g/mol. The van der Waals surface area contributed by atoms with Gasteiger partial charge in [-0.1, -0.05) is 0 Å². The standard InChI is InChI=1S/C24H22FN5O4/c1-34-19-13-16(8-9-18(19)25)30-22-17(21(27-30)23(26)32)10-12-29(24(22)33)15-6-4-14(5-7-15)28-11-2-3-20(28)31/h4-9,13H,2-3,10-12H2,1H3,(H2,26,32). The van der Waals surface area contributed by atoms with Crippen LogP contribution in [0.2, 0.25) is 0 Å². The first-order valence-electron chi connectivity index (χ1n) is 10.9. The molecule has 1 aromatic heterocycles. The lowest BCUT2D eigenvalue weighted by Crippen LogP contribution is -2.39. The second-order valence-corrected chi connectivity index (χ2v) is 8.14. The molecule has 0 atom stereocenters. The number of halogens is 1. The van der Waals surface area contributed by atoms with Crippen molar-refractivity contribution in [3.63, 3.8) is 0 Å². The second-order valence-electron chi connectivity index (χ2n) is 8.14. The first-order chi connectivity index (χ1) is 16.4. The van der Waals surface area contributed by atoms with Crippen molar-refractivity contribution in [1.82, 2.24) is 9.78 Å². The minimum Gasteiger partial charge on any atom is -0.494 e. The molecule has 2 N–H and O–H groups in total. The number of fused-ring (bicyclic) bond motifs is 1. The van der Waals surface area contributed by atoms with Gasteiger partial charge < -0.3 is 20.3 Å². The molecule has 1 saturated heterocycles. The molecule has 0 aliphatic carbocycles. The molecule has 2 aliphatic heterocycles. The van der Waals surface area contributed by atoms with Gasteiger partial charge in [-0.25, -0.2) is 9.07 Å². The Morgan fingerprint density at radius 3 is 2.29 bits per heavy atom. The molecule has 10 heteroatoms.